The number of aromatic amines is 1. The van der Waals surface area contributed by atoms with Crippen LogP contribution in [0.3, 0.4) is 0 Å². The molecule has 0 radical (unpaired) electrons. The number of rotatable bonds is 4. The summed E-state index contributed by atoms with van der Waals surface area (Å²) < 4.78 is 0. The van der Waals surface area contributed by atoms with Gasteiger partial charge in [-0.15, -0.1) is 11.3 Å². The molecule has 1 aliphatic rings. The minimum absolute atomic E-state index is 0.0894. The van der Waals surface area contributed by atoms with Crippen molar-refractivity contribution < 1.29 is 4.79 Å². The van der Waals surface area contributed by atoms with E-state index in [0.29, 0.717) is 11.1 Å². The Labute approximate surface area is 165 Å². The number of carbonyl (C=O) groups is 1. The standard InChI is InChI=1S/C20H21N3O2S2/c1-11-3-6-13(7-4-11)21-16(24)10-26-20-22-18(25)17-14-8-5-12(2)9-15(14)27-19(17)23-20/h3-4,6-7,12H,5,8-10H2,1-2H3,(H,21,24)(H,22,23,25)/t12-/m1/s1. The second-order valence-electron chi connectivity index (χ2n) is 7.11. The molecule has 5 nitrogen and oxygen atoms in total. The van der Waals surface area contributed by atoms with Crippen molar-refractivity contribution in [2.75, 3.05) is 11.1 Å². The molecular formula is C20H21N3O2S2. The molecule has 0 aliphatic heterocycles. The Morgan fingerprint density at radius 3 is 2.93 bits per heavy atom. The number of H-pyrrole nitrogens is 1. The van der Waals surface area contributed by atoms with Gasteiger partial charge in [0.15, 0.2) is 5.16 Å². The van der Waals surface area contributed by atoms with Crippen molar-refractivity contribution in [3.05, 3.63) is 50.6 Å². The molecular weight excluding hydrogens is 378 g/mol. The van der Waals surface area contributed by atoms with Crippen LogP contribution in [0.2, 0.25) is 0 Å². The molecule has 140 valence electrons. The fraction of sp³-hybridized carbons (Fsp3) is 0.350. The summed E-state index contributed by atoms with van der Waals surface area (Å²) in [5.74, 6) is 0.736. The highest BCUT2D eigenvalue weighted by Crippen LogP contribution is 2.36. The lowest BCUT2D eigenvalue weighted by Gasteiger charge is -2.17. The maximum Gasteiger partial charge on any atom is 0.260 e. The number of nitrogens with zero attached hydrogens (tertiary/aromatic N) is 1. The molecule has 4 rings (SSSR count). The minimum Gasteiger partial charge on any atom is -0.325 e. The largest absolute Gasteiger partial charge is 0.325 e. The number of hydrogen-bond acceptors (Lipinski definition) is 5. The first-order chi connectivity index (χ1) is 13.0. The van der Waals surface area contributed by atoms with Gasteiger partial charge in [0, 0.05) is 10.6 Å². The monoisotopic (exact) mass is 399 g/mol. The van der Waals surface area contributed by atoms with Crippen LogP contribution in [0.5, 0.6) is 0 Å². The normalized spacial score (nSPS) is 16.3. The number of amides is 1. The predicted molar refractivity (Wildman–Crippen MR) is 112 cm³/mol. The number of nitrogens with one attached hydrogen (secondary N) is 2. The Morgan fingerprint density at radius 1 is 1.37 bits per heavy atom. The number of hydrogen-bond donors (Lipinski definition) is 2. The molecule has 0 spiro atoms. The van der Waals surface area contributed by atoms with Crippen LogP contribution in [0.15, 0.2) is 34.2 Å². The zero-order valence-electron chi connectivity index (χ0n) is 15.3. The van der Waals surface area contributed by atoms with E-state index < -0.39 is 0 Å². The van der Waals surface area contributed by atoms with E-state index in [9.17, 15) is 9.59 Å². The molecule has 0 bridgehead atoms. The zero-order chi connectivity index (χ0) is 19.0. The molecule has 2 heterocycles. The van der Waals surface area contributed by atoms with Gasteiger partial charge >= 0.3 is 0 Å². The number of aromatic nitrogens is 2. The number of aryl methyl sites for hydroxylation is 2. The number of thioether (sulfide) groups is 1. The van der Waals surface area contributed by atoms with Gasteiger partial charge in [-0.1, -0.05) is 36.4 Å². The summed E-state index contributed by atoms with van der Waals surface area (Å²) in [5.41, 5.74) is 3.00. The van der Waals surface area contributed by atoms with E-state index in [4.69, 9.17) is 0 Å². The summed E-state index contributed by atoms with van der Waals surface area (Å²) in [7, 11) is 0. The molecule has 3 aromatic rings. The van der Waals surface area contributed by atoms with Gasteiger partial charge in [-0.25, -0.2) is 4.98 Å². The van der Waals surface area contributed by atoms with Crippen LogP contribution in [0.4, 0.5) is 5.69 Å². The highest BCUT2D eigenvalue weighted by atomic mass is 32.2. The van der Waals surface area contributed by atoms with Crippen molar-refractivity contribution in [1.29, 1.82) is 0 Å². The quantitative estimate of drug-likeness (QED) is 0.510. The van der Waals surface area contributed by atoms with E-state index in [0.717, 1.165) is 40.7 Å². The average molecular weight is 400 g/mol. The van der Waals surface area contributed by atoms with E-state index in [-0.39, 0.29) is 17.2 Å². The van der Waals surface area contributed by atoms with Crippen LogP contribution in [0.25, 0.3) is 10.2 Å². The third-order valence-electron chi connectivity index (χ3n) is 4.82. The Bertz CT molecular complexity index is 1050. The average Bonchev–Trinajstić information content (AvgIpc) is 2.99. The summed E-state index contributed by atoms with van der Waals surface area (Å²) in [6, 6.07) is 7.66. The molecule has 0 fully saturated rings. The van der Waals surface area contributed by atoms with Gasteiger partial charge in [-0.05, 0) is 49.8 Å². The van der Waals surface area contributed by atoms with Crippen LogP contribution in [0, 0.1) is 12.8 Å². The van der Waals surface area contributed by atoms with Gasteiger partial charge in [0.25, 0.3) is 5.56 Å². The van der Waals surface area contributed by atoms with Gasteiger partial charge in [0.05, 0.1) is 11.1 Å². The summed E-state index contributed by atoms with van der Waals surface area (Å²) in [6.45, 7) is 4.25. The Kier molecular flexibility index (Phi) is 5.06. The van der Waals surface area contributed by atoms with Gasteiger partial charge in [0.2, 0.25) is 5.91 Å². The molecule has 2 aromatic heterocycles. The lowest BCUT2D eigenvalue weighted by atomic mass is 9.89. The van der Waals surface area contributed by atoms with Crippen molar-refractivity contribution in [2.24, 2.45) is 5.92 Å². The molecule has 7 heteroatoms. The zero-order valence-corrected chi connectivity index (χ0v) is 16.9. The maximum absolute atomic E-state index is 12.6. The highest BCUT2D eigenvalue weighted by molar-refractivity contribution is 7.99. The van der Waals surface area contributed by atoms with E-state index in [1.54, 1.807) is 11.3 Å². The lowest BCUT2D eigenvalue weighted by molar-refractivity contribution is -0.113. The van der Waals surface area contributed by atoms with Crippen molar-refractivity contribution in [3.63, 3.8) is 0 Å². The third kappa shape index (κ3) is 3.94. The van der Waals surface area contributed by atoms with Crippen molar-refractivity contribution in [3.8, 4) is 0 Å². The van der Waals surface area contributed by atoms with Gasteiger partial charge in [-0.2, -0.15) is 0 Å². The van der Waals surface area contributed by atoms with Crippen molar-refractivity contribution >= 4 is 44.9 Å². The number of benzene rings is 1. The summed E-state index contributed by atoms with van der Waals surface area (Å²) >= 11 is 2.88. The van der Waals surface area contributed by atoms with Gasteiger partial charge in [-0.3, -0.25) is 9.59 Å². The summed E-state index contributed by atoms with van der Waals surface area (Å²) in [6.07, 6.45) is 3.10. The SMILES string of the molecule is Cc1ccc(NC(=O)CSc2nc3sc4c(c3c(=O)[nH]2)CC[C@@H](C)C4)cc1. The smallest absolute Gasteiger partial charge is 0.260 e. The first-order valence-electron chi connectivity index (χ1n) is 9.03. The van der Waals surface area contributed by atoms with E-state index in [1.165, 1.54) is 22.2 Å². The van der Waals surface area contributed by atoms with Crippen molar-refractivity contribution in [1.82, 2.24) is 9.97 Å². The van der Waals surface area contributed by atoms with Crippen LogP contribution in [-0.4, -0.2) is 21.6 Å². The predicted octanol–water partition coefficient (Wildman–Crippen LogP) is 4.15. The van der Waals surface area contributed by atoms with E-state index >= 15 is 0 Å². The third-order valence-corrected chi connectivity index (χ3v) is 6.84. The number of anilines is 1. The number of carbonyl (C=O) groups excluding carboxylic acids is 1. The van der Waals surface area contributed by atoms with Crippen LogP contribution >= 0.6 is 23.1 Å². The summed E-state index contributed by atoms with van der Waals surface area (Å²) in [5, 5.41) is 4.10. The van der Waals surface area contributed by atoms with Gasteiger partial charge < -0.3 is 10.3 Å². The van der Waals surface area contributed by atoms with Crippen molar-refractivity contribution in [2.45, 2.75) is 38.3 Å². The highest BCUT2D eigenvalue weighted by Gasteiger charge is 2.23. The molecule has 0 unspecified atom stereocenters. The maximum atomic E-state index is 12.6. The second kappa shape index (κ2) is 7.48. The summed E-state index contributed by atoms with van der Waals surface area (Å²) in [4.78, 5) is 34.3. The first-order valence-corrected chi connectivity index (χ1v) is 10.8. The van der Waals surface area contributed by atoms with E-state index in [1.807, 2.05) is 31.2 Å². The fourth-order valence-corrected chi connectivity index (χ4v) is 5.47. The number of fused-ring (bicyclic) bond motifs is 3. The first kappa shape index (κ1) is 18.3. The van der Waals surface area contributed by atoms with Gasteiger partial charge in [0.1, 0.15) is 4.83 Å². The van der Waals surface area contributed by atoms with Crippen LogP contribution in [-0.2, 0) is 17.6 Å². The van der Waals surface area contributed by atoms with Crippen LogP contribution < -0.4 is 10.9 Å². The molecule has 1 atom stereocenters. The molecule has 0 saturated heterocycles. The lowest BCUT2D eigenvalue weighted by Crippen LogP contribution is -2.16. The molecule has 1 aliphatic carbocycles. The molecule has 27 heavy (non-hydrogen) atoms. The Balaban J connectivity index is 1.48. The fourth-order valence-electron chi connectivity index (χ4n) is 3.37. The minimum atomic E-state index is -0.120. The topological polar surface area (TPSA) is 74.8 Å². The molecule has 1 amide bonds. The molecule has 1 aromatic carbocycles. The Morgan fingerprint density at radius 2 is 2.15 bits per heavy atom. The van der Waals surface area contributed by atoms with Crippen LogP contribution in [0.1, 0.15) is 29.3 Å². The second-order valence-corrected chi connectivity index (χ2v) is 9.15. The molecule has 2 N–H and O–H groups in total. The van der Waals surface area contributed by atoms with E-state index in [2.05, 4.69) is 22.2 Å². The Hall–Kier alpha value is -2.12. The number of thiophene rings is 1. The molecule has 0 saturated carbocycles.